The van der Waals surface area contributed by atoms with E-state index in [4.69, 9.17) is 10.4 Å². The summed E-state index contributed by atoms with van der Waals surface area (Å²) in [6.07, 6.45) is 4.83. The average molecular weight is 126 g/mol. The summed E-state index contributed by atoms with van der Waals surface area (Å²) < 4.78 is 0. The number of hydrogen-bond acceptors (Lipinski definition) is 3. The summed E-state index contributed by atoms with van der Waals surface area (Å²) in [7, 11) is 0. The molecule has 1 aliphatic rings. The molecule has 0 atom stereocenters. The zero-order valence-corrected chi connectivity index (χ0v) is 5.22. The zero-order valence-electron chi connectivity index (χ0n) is 5.22. The molecule has 0 aromatic carbocycles. The maximum absolute atomic E-state index is 8.75. The Kier molecular flexibility index (Phi) is 1.58. The molecule has 0 spiro atoms. The molecule has 50 valence electrons. The first-order valence-corrected chi connectivity index (χ1v) is 3.10. The molecule has 0 saturated heterocycles. The molecule has 0 bridgehead atoms. The molecule has 9 heavy (non-hydrogen) atoms. The molecule has 0 unspecified atom stereocenters. The van der Waals surface area contributed by atoms with E-state index in [9.17, 15) is 0 Å². The lowest BCUT2D eigenvalue weighted by molar-refractivity contribution is 0.104. The maximum Gasteiger partial charge on any atom is 0.177 e. The van der Waals surface area contributed by atoms with Crippen molar-refractivity contribution in [3.8, 4) is 6.19 Å². The van der Waals surface area contributed by atoms with Crippen molar-refractivity contribution in [1.82, 2.24) is 5.32 Å². The lowest BCUT2D eigenvalue weighted by Crippen LogP contribution is -2.51. The van der Waals surface area contributed by atoms with Crippen LogP contribution in [0.25, 0.3) is 0 Å². The number of hydrogen-bond donors (Lipinski definition) is 2. The average Bonchev–Trinajstić information content (AvgIpc) is 1.79. The van der Waals surface area contributed by atoms with Crippen LogP contribution in [0.1, 0.15) is 19.3 Å². The van der Waals surface area contributed by atoms with E-state index in [1.165, 1.54) is 0 Å². The third-order valence-electron chi connectivity index (χ3n) is 1.93. The second-order valence-corrected chi connectivity index (χ2v) is 2.53. The van der Waals surface area contributed by atoms with E-state index in [0.717, 1.165) is 19.3 Å². The second kappa shape index (κ2) is 2.24. The Labute approximate surface area is 54.3 Å². The van der Waals surface area contributed by atoms with E-state index in [0.29, 0.717) is 0 Å². The predicted octanol–water partition coefficient (Wildman–Crippen LogP) is -0.0279. The van der Waals surface area contributed by atoms with Crippen molar-refractivity contribution in [1.29, 1.82) is 5.26 Å². The molecule has 3 nitrogen and oxygen atoms in total. The van der Waals surface area contributed by atoms with Gasteiger partial charge in [0.15, 0.2) is 6.19 Å². The highest BCUT2D eigenvalue weighted by molar-refractivity contribution is 4.99. The highest BCUT2D eigenvalue weighted by atomic mass is 16.3. The van der Waals surface area contributed by atoms with Gasteiger partial charge in [0, 0.05) is 0 Å². The van der Waals surface area contributed by atoms with Gasteiger partial charge in [-0.1, -0.05) is 0 Å². The molecule has 3 heteroatoms. The summed E-state index contributed by atoms with van der Waals surface area (Å²) in [5.74, 6) is 0. The van der Waals surface area contributed by atoms with Gasteiger partial charge in [-0.25, -0.2) is 0 Å². The van der Waals surface area contributed by atoms with Gasteiger partial charge in [-0.3, -0.25) is 0 Å². The van der Waals surface area contributed by atoms with Crippen molar-refractivity contribution >= 4 is 0 Å². The van der Waals surface area contributed by atoms with E-state index in [1.54, 1.807) is 0 Å². The normalized spacial score (nSPS) is 21.8. The fourth-order valence-electron chi connectivity index (χ4n) is 1.04. The monoisotopic (exact) mass is 126 g/mol. The Morgan fingerprint density at radius 2 is 2.33 bits per heavy atom. The summed E-state index contributed by atoms with van der Waals surface area (Å²) in [4.78, 5) is 0. The summed E-state index contributed by atoms with van der Waals surface area (Å²) in [6, 6.07) is 0. The van der Waals surface area contributed by atoms with Gasteiger partial charge in [0.25, 0.3) is 0 Å². The van der Waals surface area contributed by atoms with Gasteiger partial charge < -0.3 is 10.4 Å². The third kappa shape index (κ3) is 0.984. The standard InChI is InChI=1S/C6H10N2O/c7-5-8-6(4-9)2-1-3-6/h8-9H,1-4H2. The van der Waals surface area contributed by atoms with Crippen molar-refractivity contribution in [2.75, 3.05) is 6.61 Å². The number of nitriles is 1. The van der Waals surface area contributed by atoms with Crippen molar-refractivity contribution < 1.29 is 5.11 Å². The van der Waals surface area contributed by atoms with E-state index < -0.39 is 0 Å². The van der Waals surface area contributed by atoms with Crippen LogP contribution in [0.5, 0.6) is 0 Å². The Balaban J connectivity index is 2.39. The lowest BCUT2D eigenvalue weighted by atomic mass is 9.78. The molecule has 0 heterocycles. The SMILES string of the molecule is N#CNC1(CO)CCC1. The van der Waals surface area contributed by atoms with E-state index in [2.05, 4.69) is 5.32 Å². The molecule has 0 amide bonds. The van der Waals surface area contributed by atoms with Gasteiger partial charge in [0.1, 0.15) is 0 Å². The van der Waals surface area contributed by atoms with Crippen molar-refractivity contribution in [2.45, 2.75) is 24.8 Å². The number of nitrogens with zero attached hydrogens (tertiary/aromatic N) is 1. The highest BCUT2D eigenvalue weighted by Gasteiger charge is 2.35. The second-order valence-electron chi connectivity index (χ2n) is 2.53. The summed E-state index contributed by atoms with van der Waals surface area (Å²) in [5.41, 5.74) is -0.241. The van der Waals surface area contributed by atoms with Gasteiger partial charge in [0.2, 0.25) is 0 Å². The van der Waals surface area contributed by atoms with E-state index in [1.807, 2.05) is 6.19 Å². The zero-order chi connectivity index (χ0) is 6.74. The number of aliphatic hydroxyl groups is 1. The van der Waals surface area contributed by atoms with Crippen LogP contribution in [-0.4, -0.2) is 17.3 Å². The fraction of sp³-hybridized carbons (Fsp3) is 0.833. The van der Waals surface area contributed by atoms with Gasteiger partial charge in [-0.15, -0.1) is 0 Å². The summed E-state index contributed by atoms with van der Waals surface area (Å²) >= 11 is 0. The molecular weight excluding hydrogens is 116 g/mol. The molecule has 0 radical (unpaired) electrons. The van der Waals surface area contributed by atoms with Crippen molar-refractivity contribution in [2.24, 2.45) is 0 Å². The quantitative estimate of drug-likeness (QED) is 0.403. The van der Waals surface area contributed by atoms with Gasteiger partial charge in [-0.05, 0) is 19.3 Å². The number of rotatable bonds is 2. The molecule has 0 aliphatic heterocycles. The fourth-order valence-corrected chi connectivity index (χ4v) is 1.04. The van der Waals surface area contributed by atoms with Gasteiger partial charge >= 0.3 is 0 Å². The Bertz CT molecular complexity index is 129. The van der Waals surface area contributed by atoms with Gasteiger partial charge in [-0.2, -0.15) is 5.26 Å². The first kappa shape index (κ1) is 6.37. The molecule has 1 rings (SSSR count). The van der Waals surface area contributed by atoms with Crippen LogP contribution in [0.2, 0.25) is 0 Å². The van der Waals surface area contributed by atoms with E-state index in [-0.39, 0.29) is 12.1 Å². The van der Waals surface area contributed by atoms with Crippen LogP contribution >= 0.6 is 0 Å². The van der Waals surface area contributed by atoms with Crippen LogP contribution < -0.4 is 5.32 Å². The minimum atomic E-state index is -0.241. The topological polar surface area (TPSA) is 56.0 Å². The molecule has 2 N–H and O–H groups in total. The van der Waals surface area contributed by atoms with Crippen LogP contribution in [-0.2, 0) is 0 Å². The first-order chi connectivity index (χ1) is 4.33. The smallest absolute Gasteiger partial charge is 0.177 e. The Hall–Kier alpha value is -0.750. The number of aliphatic hydroxyl groups excluding tert-OH is 1. The number of nitrogens with one attached hydrogen (secondary N) is 1. The Morgan fingerprint density at radius 3 is 2.44 bits per heavy atom. The minimum Gasteiger partial charge on any atom is -0.394 e. The predicted molar refractivity (Wildman–Crippen MR) is 32.4 cm³/mol. The molecule has 1 fully saturated rings. The van der Waals surface area contributed by atoms with Crippen molar-refractivity contribution in [3.05, 3.63) is 0 Å². The summed E-state index contributed by atoms with van der Waals surface area (Å²) in [5, 5.41) is 19.6. The molecule has 0 aromatic heterocycles. The Morgan fingerprint density at radius 1 is 1.67 bits per heavy atom. The van der Waals surface area contributed by atoms with Crippen LogP contribution in [0, 0.1) is 11.5 Å². The van der Waals surface area contributed by atoms with Crippen LogP contribution in [0.15, 0.2) is 0 Å². The van der Waals surface area contributed by atoms with E-state index >= 15 is 0 Å². The van der Waals surface area contributed by atoms with Crippen molar-refractivity contribution in [3.63, 3.8) is 0 Å². The molecule has 0 aromatic rings. The van der Waals surface area contributed by atoms with Crippen LogP contribution in [0.3, 0.4) is 0 Å². The summed E-state index contributed by atoms with van der Waals surface area (Å²) in [6.45, 7) is 0.0839. The lowest BCUT2D eigenvalue weighted by Gasteiger charge is -2.38. The third-order valence-corrected chi connectivity index (χ3v) is 1.93. The molecule has 1 aliphatic carbocycles. The van der Waals surface area contributed by atoms with Crippen LogP contribution in [0.4, 0.5) is 0 Å². The molecular formula is C6H10N2O. The maximum atomic E-state index is 8.75. The molecule has 1 saturated carbocycles. The first-order valence-electron chi connectivity index (χ1n) is 3.10. The highest BCUT2D eigenvalue weighted by Crippen LogP contribution is 2.30. The largest absolute Gasteiger partial charge is 0.394 e. The van der Waals surface area contributed by atoms with Gasteiger partial charge in [0.05, 0.1) is 12.1 Å². The minimum absolute atomic E-state index is 0.0839.